The lowest BCUT2D eigenvalue weighted by Crippen LogP contribution is -2.35. The lowest BCUT2D eigenvalue weighted by Gasteiger charge is -2.11. The van der Waals surface area contributed by atoms with E-state index in [9.17, 15) is 9.18 Å². The fraction of sp³-hybridized carbons (Fsp3) is 0.300. The van der Waals surface area contributed by atoms with Gasteiger partial charge in [-0.3, -0.25) is 4.79 Å². The molecule has 5 heteroatoms. The van der Waals surface area contributed by atoms with E-state index in [1.54, 1.807) is 6.92 Å². The van der Waals surface area contributed by atoms with Crippen LogP contribution in [-0.4, -0.2) is 23.7 Å². The molecule has 1 aromatic carbocycles. The van der Waals surface area contributed by atoms with E-state index in [4.69, 9.17) is 5.11 Å². The Morgan fingerprint density at radius 2 is 2.33 bits per heavy atom. The van der Waals surface area contributed by atoms with E-state index in [0.717, 1.165) is 0 Å². The molecule has 0 spiro atoms. The molecule has 0 aromatic heterocycles. The topological polar surface area (TPSA) is 49.3 Å². The largest absolute Gasteiger partial charge is 0.394 e. The number of aliphatic hydroxyl groups excluding tert-OH is 1. The van der Waals surface area contributed by atoms with Gasteiger partial charge >= 0.3 is 0 Å². The van der Waals surface area contributed by atoms with Crippen molar-refractivity contribution in [1.29, 1.82) is 0 Å². The highest BCUT2D eigenvalue weighted by atomic mass is 79.9. The Morgan fingerprint density at radius 1 is 1.67 bits per heavy atom. The number of hydrogen-bond donors (Lipinski definition) is 2. The highest BCUT2D eigenvalue weighted by Crippen LogP contribution is 2.15. The van der Waals surface area contributed by atoms with Crippen molar-refractivity contribution < 1.29 is 14.3 Å². The molecule has 0 saturated heterocycles. The number of carbonyl (C=O) groups excluding carboxylic acids is 1. The lowest BCUT2D eigenvalue weighted by molar-refractivity contribution is 0.0918. The minimum absolute atomic E-state index is 0.0373. The lowest BCUT2D eigenvalue weighted by atomic mass is 10.2. The van der Waals surface area contributed by atoms with Gasteiger partial charge in [-0.1, -0.05) is 15.9 Å². The summed E-state index contributed by atoms with van der Waals surface area (Å²) in [7, 11) is 0. The molecular formula is C10H11BrFNO2. The van der Waals surface area contributed by atoms with Gasteiger partial charge in [0.05, 0.1) is 12.2 Å². The van der Waals surface area contributed by atoms with E-state index in [2.05, 4.69) is 21.2 Å². The van der Waals surface area contributed by atoms with Gasteiger partial charge < -0.3 is 10.4 Å². The first-order valence-electron chi connectivity index (χ1n) is 4.41. The molecule has 0 aliphatic heterocycles. The summed E-state index contributed by atoms with van der Waals surface area (Å²) in [5.74, 6) is -1.11. The van der Waals surface area contributed by atoms with Gasteiger partial charge in [0.1, 0.15) is 5.82 Å². The number of carbonyl (C=O) groups is 1. The number of benzene rings is 1. The van der Waals surface area contributed by atoms with Gasteiger partial charge in [0.15, 0.2) is 0 Å². The molecule has 0 radical (unpaired) electrons. The van der Waals surface area contributed by atoms with Gasteiger partial charge in [0.2, 0.25) is 0 Å². The SMILES string of the molecule is C[C@H](CO)NC(=O)c1cc(Br)ccc1F. The van der Waals surface area contributed by atoms with Crippen LogP contribution in [0.1, 0.15) is 17.3 Å². The van der Waals surface area contributed by atoms with E-state index >= 15 is 0 Å². The predicted molar refractivity (Wildman–Crippen MR) is 58.1 cm³/mol. The summed E-state index contributed by atoms with van der Waals surface area (Å²) in [6.45, 7) is 1.45. The Kier molecular flexibility index (Phi) is 4.23. The van der Waals surface area contributed by atoms with Crippen LogP contribution in [0.15, 0.2) is 22.7 Å². The maximum absolute atomic E-state index is 13.2. The van der Waals surface area contributed by atoms with Crippen molar-refractivity contribution in [1.82, 2.24) is 5.32 Å². The third-order valence-electron chi connectivity index (χ3n) is 1.82. The van der Waals surface area contributed by atoms with Crippen LogP contribution in [-0.2, 0) is 0 Å². The van der Waals surface area contributed by atoms with Gasteiger partial charge in [0, 0.05) is 10.5 Å². The van der Waals surface area contributed by atoms with E-state index < -0.39 is 17.8 Å². The second-order valence-corrected chi connectivity index (χ2v) is 4.10. The summed E-state index contributed by atoms with van der Waals surface area (Å²) in [6, 6.07) is 3.73. The highest BCUT2D eigenvalue weighted by molar-refractivity contribution is 9.10. The Bertz CT molecular complexity index is 370. The van der Waals surface area contributed by atoms with Crippen LogP contribution in [0.3, 0.4) is 0 Å². The molecular weight excluding hydrogens is 265 g/mol. The molecule has 0 unspecified atom stereocenters. The number of halogens is 2. The van der Waals surface area contributed by atoms with Crippen LogP contribution < -0.4 is 5.32 Å². The third-order valence-corrected chi connectivity index (χ3v) is 2.32. The number of amides is 1. The third kappa shape index (κ3) is 3.28. The summed E-state index contributed by atoms with van der Waals surface area (Å²) in [4.78, 5) is 11.5. The Hall–Kier alpha value is -0.940. The summed E-state index contributed by atoms with van der Waals surface area (Å²) in [6.07, 6.45) is 0. The van der Waals surface area contributed by atoms with Crippen molar-refractivity contribution in [2.24, 2.45) is 0 Å². The maximum atomic E-state index is 13.2. The normalized spacial score (nSPS) is 12.3. The first-order chi connectivity index (χ1) is 7.04. The van der Waals surface area contributed by atoms with Crippen LogP contribution in [0.2, 0.25) is 0 Å². The zero-order chi connectivity index (χ0) is 11.4. The van der Waals surface area contributed by atoms with Crippen molar-refractivity contribution >= 4 is 21.8 Å². The van der Waals surface area contributed by atoms with Crippen LogP contribution in [0.5, 0.6) is 0 Å². The van der Waals surface area contributed by atoms with Crippen LogP contribution >= 0.6 is 15.9 Å². The molecule has 0 aliphatic rings. The minimum atomic E-state index is -0.583. The van der Waals surface area contributed by atoms with E-state index in [1.165, 1.54) is 18.2 Å². The van der Waals surface area contributed by atoms with Crippen LogP contribution in [0.25, 0.3) is 0 Å². The zero-order valence-electron chi connectivity index (χ0n) is 8.13. The molecule has 1 aromatic rings. The first-order valence-corrected chi connectivity index (χ1v) is 5.20. The molecule has 0 heterocycles. The number of hydrogen-bond acceptors (Lipinski definition) is 2. The van der Waals surface area contributed by atoms with E-state index in [-0.39, 0.29) is 12.2 Å². The van der Waals surface area contributed by atoms with Crippen LogP contribution in [0, 0.1) is 5.82 Å². The van der Waals surface area contributed by atoms with Gasteiger partial charge in [-0.2, -0.15) is 0 Å². The first kappa shape index (κ1) is 12.1. The van der Waals surface area contributed by atoms with Gasteiger partial charge in [-0.25, -0.2) is 4.39 Å². The summed E-state index contributed by atoms with van der Waals surface area (Å²) >= 11 is 3.15. The second-order valence-electron chi connectivity index (χ2n) is 3.18. The predicted octanol–water partition coefficient (Wildman–Crippen LogP) is 1.70. The average Bonchev–Trinajstić information content (AvgIpc) is 2.21. The van der Waals surface area contributed by atoms with Gasteiger partial charge in [-0.05, 0) is 25.1 Å². The zero-order valence-corrected chi connectivity index (χ0v) is 9.71. The summed E-state index contributed by atoms with van der Waals surface area (Å²) < 4.78 is 13.9. The summed E-state index contributed by atoms with van der Waals surface area (Å²) in [5.41, 5.74) is -0.0373. The van der Waals surface area contributed by atoms with Crippen LogP contribution in [0.4, 0.5) is 4.39 Å². The summed E-state index contributed by atoms with van der Waals surface area (Å²) in [5, 5.41) is 11.2. The van der Waals surface area contributed by atoms with Gasteiger partial charge in [0.25, 0.3) is 5.91 Å². The van der Waals surface area contributed by atoms with Crippen molar-refractivity contribution in [3.05, 3.63) is 34.1 Å². The second kappa shape index (κ2) is 5.23. The molecule has 1 atom stereocenters. The molecule has 1 amide bonds. The smallest absolute Gasteiger partial charge is 0.254 e. The molecule has 3 nitrogen and oxygen atoms in total. The molecule has 0 fully saturated rings. The fourth-order valence-corrected chi connectivity index (χ4v) is 1.38. The fourth-order valence-electron chi connectivity index (χ4n) is 1.02. The Morgan fingerprint density at radius 3 is 2.93 bits per heavy atom. The Balaban J connectivity index is 2.86. The minimum Gasteiger partial charge on any atom is -0.394 e. The standard InChI is InChI=1S/C10H11BrFNO2/c1-6(5-14)13-10(15)8-4-7(11)2-3-9(8)12/h2-4,6,14H,5H2,1H3,(H,13,15)/t6-/m1/s1. The molecule has 82 valence electrons. The number of aliphatic hydroxyl groups is 1. The molecule has 0 aliphatic carbocycles. The number of nitrogens with one attached hydrogen (secondary N) is 1. The molecule has 0 bridgehead atoms. The molecule has 0 saturated carbocycles. The highest BCUT2D eigenvalue weighted by Gasteiger charge is 2.13. The molecule has 1 rings (SSSR count). The molecule has 15 heavy (non-hydrogen) atoms. The quantitative estimate of drug-likeness (QED) is 0.882. The van der Waals surface area contributed by atoms with Crippen molar-refractivity contribution in [3.63, 3.8) is 0 Å². The van der Waals surface area contributed by atoms with E-state index in [0.29, 0.717) is 4.47 Å². The molecule has 2 N–H and O–H groups in total. The monoisotopic (exact) mass is 275 g/mol. The number of rotatable bonds is 3. The van der Waals surface area contributed by atoms with Crippen molar-refractivity contribution in [3.8, 4) is 0 Å². The maximum Gasteiger partial charge on any atom is 0.254 e. The van der Waals surface area contributed by atoms with Crippen molar-refractivity contribution in [2.75, 3.05) is 6.61 Å². The van der Waals surface area contributed by atoms with Gasteiger partial charge in [-0.15, -0.1) is 0 Å². The van der Waals surface area contributed by atoms with Crippen molar-refractivity contribution in [2.45, 2.75) is 13.0 Å². The Labute approximate surface area is 95.4 Å². The average molecular weight is 276 g/mol. The van der Waals surface area contributed by atoms with E-state index in [1.807, 2.05) is 0 Å².